The van der Waals surface area contributed by atoms with Crippen LogP contribution in [-0.4, -0.2) is 26.3 Å². The SMILES string of the molecule is C1CNC[C@@H](CCOCC2CC2)C1. The molecule has 0 aromatic rings. The molecule has 1 saturated carbocycles. The summed E-state index contributed by atoms with van der Waals surface area (Å²) in [6.45, 7) is 4.45. The lowest BCUT2D eigenvalue weighted by Crippen LogP contribution is -2.30. The Hall–Kier alpha value is -0.0800. The largest absolute Gasteiger partial charge is 0.381 e. The van der Waals surface area contributed by atoms with Gasteiger partial charge in [-0.15, -0.1) is 0 Å². The highest BCUT2D eigenvalue weighted by Crippen LogP contribution is 2.28. The minimum atomic E-state index is 0.882. The zero-order valence-electron chi connectivity index (χ0n) is 8.43. The van der Waals surface area contributed by atoms with Gasteiger partial charge in [0.15, 0.2) is 0 Å². The van der Waals surface area contributed by atoms with Gasteiger partial charge in [0.05, 0.1) is 0 Å². The first kappa shape index (κ1) is 9.47. The molecule has 2 nitrogen and oxygen atoms in total. The van der Waals surface area contributed by atoms with E-state index in [1.165, 1.54) is 45.2 Å². The van der Waals surface area contributed by atoms with Crippen molar-refractivity contribution in [2.45, 2.75) is 32.1 Å². The lowest BCUT2D eigenvalue weighted by atomic mass is 9.97. The van der Waals surface area contributed by atoms with Crippen molar-refractivity contribution in [3.8, 4) is 0 Å². The lowest BCUT2D eigenvalue weighted by molar-refractivity contribution is 0.107. The molecule has 13 heavy (non-hydrogen) atoms. The van der Waals surface area contributed by atoms with E-state index in [1.807, 2.05) is 0 Å². The molecule has 76 valence electrons. The zero-order chi connectivity index (χ0) is 8.93. The fourth-order valence-electron chi connectivity index (χ4n) is 1.95. The summed E-state index contributed by atoms with van der Waals surface area (Å²) in [6, 6.07) is 0. The highest BCUT2D eigenvalue weighted by molar-refractivity contribution is 4.72. The van der Waals surface area contributed by atoms with Crippen molar-refractivity contribution in [3.05, 3.63) is 0 Å². The highest BCUT2D eigenvalue weighted by Gasteiger charge is 2.21. The van der Waals surface area contributed by atoms with Gasteiger partial charge in [-0.3, -0.25) is 0 Å². The average Bonchev–Trinajstić information content (AvgIpc) is 2.98. The molecule has 1 N–H and O–H groups in total. The van der Waals surface area contributed by atoms with Gasteiger partial charge >= 0.3 is 0 Å². The van der Waals surface area contributed by atoms with Gasteiger partial charge in [0.1, 0.15) is 0 Å². The molecule has 0 bridgehead atoms. The standard InChI is InChI=1S/C11H21NO/c1-2-10(8-12-6-1)5-7-13-9-11-3-4-11/h10-12H,1-9H2/t10-/m1/s1. The first-order valence-corrected chi connectivity index (χ1v) is 5.73. The second kappa shape index (κ2) is 4.97. The average molecular weight is 183 g/mol. The fourth-order valence-corrected chi connectivity index (χ4v) is 1.95. The molecule has 0 amide bonds. The molecule has 0 aromatic carbocycles. The monoisotopic (exact) mass is 183 g/mol. The van der Waals surface area contributed by atoms with Gasteiger partial charge in [0, 0.05) is 13.2 Å². The summed E-state index contributed by atoms with van der Waals surface area (Å²) >= 11 is 0. The smallest absolute Gasteiger partial charge is 0.0494 e. The van der Waals surface area contributed by atoms with Crippen LogP contribution in [0.25, 0.3) is 0 Å². The number of hydrogen-bond acceptors (Lipinski definition) is 2. The van der Waals surface area contributed by atoms with Crippen LogP contribution < -0.4 is 5.32 Å². The summed E-state index contributed by atoms with van der Waals surface area (Å²) in [5.74, 6) is 1.80. The molecule has 1 atom stereocenters. The van der Waals surface area contributed by atoms with Crippen molar-refractivity contribution in [1.29, 1.82) is 0 Å². The molecular weight excluding hydrogens is 162 g/mol. The molecule has 0 spiro atoms. The fraction of sp³-hybridized carbons (Fsp3) is 1.00. The van der Waals surface area contributed by atoms with E-state index >= 15 is 0 Å². The van der Waals surface area contributed by atoms with Gasteiger partial charge in [-0.1, -0.05) is 0 Å². The predicted octanol–water partition coefficient (Wildman–Crippen LogP) is 1.80. The maximum Gasteiger partial charge on any atom is 0.0494 e. The molecule has 1 aliphatic heterocycles. The highest BCUT2D eigenvalue weighted by atomic mass is 16.5. The third-order valence-corrected chi connectivity index (χ3v) is 3.12. The Morgan fingerprint density at radius 2 is 2.08 bits per heavy atom. The van der Waals surface area contributed by atoms with E-state index in [1.54, 1.807) is 0 Å². The van der Waals surface area contributed by atoms with Gasteiger partial charge < -0.3 is 10.1 Å². The Balaban J connectivity index is 1.46. The van der Waals surface area contributed by atoms with E-state index in [-0.39, 0.29) is 0 Å². The van der Waals surface area contributed by atoms with E-state index in [2.05, 4.69) is 5.32 Å². The Morgan fingerprint density at radius 1 is 1.15 bits per heavy atom. The summed E-state index contributed by atoms with van der Waals surface area (Å²) in [5.41, 5.74) is 0. The number of hydrogen-bond donors (Lipinski definition) is 1. The van der Waals surface area contributed by atoms with Crippen molar-refractivity contribution in [2.24, 2.45) is 11.8 Å². The van der Waals surface area contributed by atoms with Crippen molar-refractivity contribution >= 4 is 0 Å². The summed E-state index contributed by atoms with van der Waals surface area (Å²) in [7, 11) is 0. The third-order valence-electron chi connectivity index (χ3n) is 3.12. The first-order chi connectivity index (χ1) is 6.45. The van der Waals surface area contributed by atoms with Crippen LogP contribution in [0, 0.1) is 11.8 Å². The van der Waals surface area contributed by atoms with Crippen molar-refractivity contribution in [2.75, 3.05) is 26.3 Å². The number of piperidine rings is 1. The number of ether oxygens (including phenoxy) is 1. The third kappa shape index (κ3) is 3.65. The van der Waals surface area contributed by atoms with Gasteiger partial charge in [-0.25, -0.2) is 0 Å². The molecule has 1 aliphatic carbocycles. The topological polar surface area (TPSA) is 21.3 Å². The summed E-state index contributed by atoms with van der Waals surface area (Å²) in [5, 5.41) is 3.44. The van der Waals surface area contributed by atoms with E-state index in [4.69, 9.17) is 4.74 Å². The van der Waals surface area contributed by atoms with E-state index in [0.29, 0.717) is 0 Å². The van der Waals surface area contributed by atoms with Crippen molar-refractivity contribution in [3.63, 3.8) is 0 Å². The van der Waals surface area contributed by atoms with Crippen LogP contribution >= 0.6 is 0 Å². The predicted molar refractivity (Wildman–Crippen MR) is 53.8 cm³/mol. The van der Waals surface area contributed by atoms with Crippen LogP contribution in [0.2, 0.25) is 0 Å². The molecule has 2 rings (SSSR count). The van der Waals surface area contributed by atoms with E-state index in [9.17, 15) is 0 Å². The zero-order valence-corrected chi connectivity index (χ0v) is 8.43. The molecule has 0 unspecified atom stereocenters. The summed E-state index contributed by atoms with van der Waals surface area (Å²) in [6.07, 6.45) is 6.84. The van der Waals surface area contributed by atoms with Crippen LogP contribution in [0.5, 0.6) is 0 Å². The Bertz CT molecular complexity index is 139. The quantitative estimate of drug-likeness (QED) is 0.656. The lowest BCUT2D eigenvalue weighted by Gasteiger charge is -2.22. The normalized spacial score (nSPS) is 29.1. The van der Waals surface area contributed by atoms with Crippen LogP contribution in [0.4, 0.5) is 0 Å². The summed E-state index contributed by atoms with van der Waals surface area (Å²) < 4.78 is 5.63. The van der Waals surface area contributed by atoms with E-state index < -0.39 is 0 Å². The van der Waals surface area contributed by atoms with Gasteiger partial charge in [0.2, 0.25) is 0 Å². The maximum atomic E-state index is 5.63. The molecule has 0 aromatic heterocycles. The maximum absolute atomic E-state index is 5.63. The molecule has 2 heteroatoms. The molecular formula is C11H21NO. The second-order valence-corrected chi connectivity index (χ2v) is 4.52. The van der Waals surface area contributed by atoms with Gasteiger partial charge in [0.25, 0.3) is 0 Å². The van der Waals surface area contributed by atoms with Gasteiger partial charge in [-0.2, -0.15) is 0 Å². The Morgan fingerprint density at radius 3 is 2.77 bits per heavy atom. The molecule has 0 radical (unpaired) electrons. The molecule has 2 fully saturated rings. The first-order valence-electron chi connectivity index (χ1n) is 5.73. The minimum Gasteiger partial charge on any atom is -0.381 e. The van der Waals surface area contributed by atoms with Gasteiger partial charge in [-0.05, 0) is 57.0 Å². The molecule has 1 saturated heterocycles. The molecule has 1 heterocycles. The number of rotatable bonds is 5. The second-order valence-electron chi connectivity index (χ2n) is 4.52. The van der Waals surface area contributed by atoms with Crippen LogP contribution in [0.1, 0.15) is 32.1 Å². The van der Waals surface area contributed by atoms with Crippen LogP contribution in [0.3, 0.4) is 0 Å². The van der Waals surface area contributed by atoms with Crippen LogP contribution in [0.15, 0.2) is 0 Å². The Labute approximate surface area is 81.0 Å². The minimum absolute atomic E-state index is 0.882. The van der Waals surface area contributed by atoms with Crippen LogP contribution in [-0.2, 0) is 4.74 Å². The number of nitrogens with one attached hydrogen (secondary N) is 1. The molecule has 2 aliphatic rings. The summed E-state index contributed by atoms with van der Waals surface area (Å²) in [4.78, 5) is 0. The Kier molecular flexibility index (Phi) is 3.62. The van der Waals surface area contributed by atoms with E-state index in [0.717, 1.165) is 25.0 Å². The van der Waals surface area contributed by atoms with Crippen molar-refractivity contribution in [1.82, 2.24) is 5.32 Å². The van der Waals surface area contributed by atoms with Crippen molar-refractivity contribution < 1.29 is 4.74 Å².